The molecule has 2 aromatic carbocycles. The largest absolute Gasteiger partial charge is 0.491 e. The van der Waals surface area contributed by atoms with Crippen LogP contribution in [0.15, 0.2) is 48.5 Å². The minimum absolute atomic E-state index is 0.191. The average Bonchev–Trinajstić information content (AvgIpc) is 2.94. The van der Waals surface area contributed by atoms with Crippen LogP contribution >= 0.6 is 0 Å². The predicted molar refractivity (Wildman–Crippen MR) is 101 cm³/mol. The Kier molecular flexibility index (Phi) is 5.68. The molecule has 5 nitrogen and oxygen atoms in total. The van der Waals surface area contributed by atoms with E-state index in [-0.39, 0.29) is 12.4 Å². The smallest absolute Gasteiger partial charge is 0.130 e. The molecular weight excluding hydrogens is 328 g/mol. The maximum Gasteiger partial charge on any atom is 0.130 e. The fourth-order valence-corrected chi connectivity index (χ4v) is 2.95. The molecule has 0 bridgehead atoms. The van der Waals surface area contributed by atoms with Crippen LogP contribution in [0.5, 0.6) is 5.75 Å². The summed E-state index contributed by atoms with van der Waals surface area (Å²) in [5, 5.41) is 10.4. The number of para-hydroxylation sites is 2. The second-order valence-electron chi connectivity index (χ2n) is 6.57. The Morgan fingerprint density at radius 2 is 1.92 bits per heavy atom. The van der Waals surface area contributed by atoms with Crippen molar-refractivity contribution in [2.24, 2.45) is 0 Å². The summed E-state index contributed by atoms with van der Waals surface area (Å²) in [4.78, 5) is 15.5. The van der Waals surface area contributed by atoms with Crippen LogP contribution in [0.3, 0.4) is 0 Å². The number of ketones is 1. The number of rotatable bonds is 8. The molecule has 0 saturated carbocycles. The van der Waals surface area contributed by atoms with Crippen molar-refractivity contribution in [2.45, 2.75) is 39.3 Å². The van der Waals surface area contributed by atoms with Crippen molar-refractivity contribution in [3.8, 4) is 5.75 Å². The summed E-state index contributed by atoms with van der Waals surface area (Å²) in [6.07, 6.45) is 0.659. The molecule has 1 heterocycles. The molecule has 0 fully saturated rings. The molecule has 26 heavy (non-hydrogen) atoms. The molecule has 0 radical (unpaired) electrons. The van der Waals surface area contributed by atoms with Crippen LogP contribution in [0.4, 0.5) is 0 Å². The monoisotopic (exact) mass is 352 g/mol. The van der Waals surface area contributed by atoms with E-state index in [9.17, 15) is 9.90 Å². The van der Waals surface area contributed by atoms with Gasteiger partial charge in [-0.05, 0) is 50.1 Å². The molecule has 0 amide bonds. The van der Waals surface area contributed by atoms with Crippen molar-refractivity contribution in [1.82, 2.24) is 9.55 Å². The lowest BCUT2D eigenvalue weighted by Gasteiger charge is -2.15. The minimum Gasteiger partial charge on any atom is -0.491 e. The number of nitrogens with zero attached hydrogens (tertiary/aromatic N) is 2. The van der Waals surface area contributed by atoms with Crippen LogP contribution in [0.1, 0.15) is 24.7 Å². The molecule has 0 saturated heterocycles. The highest BCUT2D eigenvalue weighted by Gasteiger charge is 2.12. The van der Waals surface area contributed by atoms with E-state index in [0.29, 0.717) is 18.7 Å². The summed E-state index contributed by atoms with van der Waals surface area (Å²) in [5.74, 6) is 1.78. The summed E-state index contributed by atoms with van der Waals surface area (Å²) in [6.45, 7) is 4.18. The van der Waals surface area contributed by atoms with E-state index < -0.39 is 6.10 Å². The predicted octanol–water partition coefficient (Wildman–Crippen LogP) is 3.31. The Hall–Kier alpha value is -2.66. The highest BCUT2D eigenvalue weighted by Crippen LogP contribution is 2.17. The number of aryl methyl sites for hydroxylation is 2. The van der Waals surface area contributed by atoms with Gasteiger partial charge < -0.3 is 19.2 Å². The highest BCUT2D eigenvalue weighted by molar-refractivity contribution is 5.76. The van der Waals surface area contributed by atoms with Gasteiger partial charge in [0.2, 0.25) is 0 Å². The van der Waals surface area contributed by atoms with E-state index in [1.807, 2.05) is 60.0 Å². The third kappa shape index (κ3) is 4.49. The number of ether oxygens (including phenoxy) is 1. The molecule has 0 aliphatic heterocycles. The van der Waals surface area contributed by atoms with Gasteiger partial charge in [-0.25, -0.2) is 4.98 Å². The number of fused-ring (bicyclic) bond motifs is 1. The minimum atomic E-state index is -0.635. The first-order chi connectivity index (χ1) is 12.5. The van der Waals surface area contributed by atoms with Crippen molar-refractivity contribution in [3.63, 3.8) is 0 Å². The van der Waals surface area contributed by atoms with E-state index in [4.69, 9.17) is 4.74 Å². The first-order valence-electron chi connectivity index (χ1n) is 8.84. The molecule has 5 heteroatoms. The Balaban J connectivity index is 1.56. The zero-order valence-corrected chi connectivity index (χ0v) is 15.2. The van der Waals surface area contributed by atoms with Crippen LogP contribution in [-0.2, 0) is 17.8 Å². The molecule has 1 N–H and O–H groups in total. The number of aliphatic hydroxyl groups is 1. The summed E-state index contributed by atoms with van der Waals surface area (Å²) < 4.78 is 7.71. The maximum atomic E-state index is 11.0. The normalized spacial score (nSPS) is 12.3. The molecule has 0 aliphatic carbocycles. The number of aromatic nitrogens is 2. The van der Waals surface area contributed by atoms with E-state index in [1.165, 1.54) is 0 Å². The first kappa shape index (κ1) is 18.1. The molecule has 3 rings (SSSR count). The third-order valence-corrected chi connectivity index (χ3v) is 4.37. The third-order valence-electron chi connectivity index (χ3n) is 4.37. The zero-order valence-electron chi connectivity index (χ0n) is 15.2. The van der Waals surface area contributed by atoms with E-state index in [0.717, 1.165) is 28.8 Å². The number of hydrogen-bond acceptors (Lipinski definition) is 4. The standard InChI is InChI=1S/C21H24N2O3/c1-15(24)7-8-17-9-11-19(12-10-17)26-14-18(25)13-23-16(2)22-20-5-3-4-6-21(20)23/h3-6,9-12,18,25H,7-8,13-14H2,1-2H3. The van der Waals surface area contributed by atoms with Crippen LogP contribution in [0.25, 0.3) is 11.0 Å². The van der Waals surface area contributed by atoms with Gasteiger partial charge in [0.05, 0.1) is 17.6 Å². The van der Waals surface area contributed by atoms with Gasteiger partial charge in [-0.3, -0.25) is 0 Å². The number of imidazole rings is 1. The van der Waals surface area contributed by atoms with Crippen LogP contribution < -0.4 is 4.74 Å². The molecular formula is C21H24N2O3. The fraction of sp³-hybridized carbons (Fsp3) is 0.333. The number of benzene rings is 2. The Bertz CT molecular complexity index is 884. The number of carbonyl (C=O) groups excluding carboxylic acids is 1. The summed E-state index contributed by atoms with van der Waals surface area (Å²) in [6, 6.07) is 15.6. The van der Waals surface area contributed by atoms with Gasteiger partial charge in [0.1, 0.15) is 30.1 Å². The second kappa shape index (κ2) is 8.15. The average molecular weight is 352 g/mol. The van der Waals surface area contributed by atoms with Gasteiger partial charge in [0.15, 0.2) is 0 Å². The number of hydrogen-bond donors (Lipinski definition) is 1. The molecule has 1 unspecified atom stereocenters. The lowest BCUT2D eigenvalue weighted by atomic mass is 10.1. The second-order valence-corrected chi connectivity index (χ2v) is 6.57. The van der Waals surface area contributed by atoms with Crippen LogP contribution in [0.2, 0.25) is 0 Å². The van der Waals surface area contributed by atoms with Crippen LogP contribution in [0, 0.1) is 6.92 Å². The molecule has 136 valence electrons. The molecule has 0 spiro atoms. The highest BCUT2D eigenvalue weighted by atomic mass is 16.5. The van der Waals surface area contributed by atoms with Gasteiger partial charge >= 0.3 is 0 Å². The Morgan fingerprint density at radius 1 is 1.19 bits per heavy atom. The van der Waals surface area contributed by atoms with Gasteiger partial charge in [-0.1, -0.05) is 24.3 Å². The summed E-state index contributed by atoms with van der Waals surface area (Å²) in [5.41, 5.74) is 3.05. The van der Waals surface area contributed by atoms with Gasteiger partial charge in [0.25, 0.3) is 0 Å². The van der Waals surface area contributed by atoms with Crippen LogP contribution in [-0.4, -0.2) is 33.2 Å². The van der Waals surface area contributed by atoms with E-state index in [2.05, 4.69) is 4.98 Å². The van der Waals surface area contributed by atoms with Crippen molar-refractivity contribution in [3.05, 3.63) is 59.9 Å². The Labute approximate surface area is 153 Å². The molecule has 1 atom stereocenters. The quantitative estimate of drug-likeness (QED) is 0.675. The van der Waals surface area contributed by atoms with Crippen molar-refractivity contribution in [2.75, 3.05) is 6.61 Å². The van der Waals surface area contributed by atoms with Crippen molar-refractivity contribution >= 4 is 16.8 Å². The molecule has 3 aromatic rings. The topological polar surface area (TPSA) is 64.3 Å². The van der Waals surface area contributed by atoms with Gasteiger partial charge in [0, 0.05) is 6.42 Å². The van der Waals surface area contributed by atoms with Crippen molar-refractivity contribution in [1.29, 1.82) is 0 Å². The fourth-order valence-electron chi connectivity index (χ4n) is 2.95. The Morgan fingerprint density at radius 3 is 2.65 bits per heavy atom. The SMILES string of the molecule is CC(=O)CCc1ccc(OCC(O)Cn2c(C)nc3ccccc32)cc1. The summed E-state index contributed by atoms with van der Waals surface area (Å²) in [7, 11) is 0. The lowest BCUT2D eigenvalue weighted by Crippen LogP contribution is -2.24. The molecule has 0 aliphatic rings. The summed E-state index contributed by atoms with van der Waals surface area (Å²) >= 11 is 0. The van der Waals surface area contributed by atoms with E-state index in [1.54, 1.807) is 6.92 Å². The number of aliphatic hydroxyl groups excluding tert-OH is 1. The van der Waals surface area contributed by atoms with Gasteiger partial charge in [-0.15, -0.1) is 0 Å². The number of carbonyl (C=O) groups is 1. The molecule has 1 aromatic heterocycles. The lowest BCUT2D eigenvalue weighted by molar-refractivity contribution is -0.116. The number of Topliss-reactive ketones (excluding diaryl/α,β-unsaturated/α-hetero) is 1. The first-order valence-corrected chi connectivity index (χ1v) is 8.84. The van der Waals surface area contributed by atoms with Crippen molar-refractivity contribution < 1.29 is 14.6 Å². The van der Waals surface area contributed by atoms with E-state index >= 15 is 0 Å². The van der Waals surface area contributed by atoms with Gasteiger partial charge in [-0.2, -0.15) is 0 Å². The maximum absolute atomic E-state index is 11.0. The zero-order chi connectivity index (χ0) is 18.5.